The molecule has 1 atom stereocenters. The van der Waals surface area contributed by atoms with Gasteiger partial charge in [0.1, 0.15) is 0 Å². The third-order valence-corrected chi connectivity index (χ3v) is 12.0. The molecule has 234 valence electrons. The summed E-state index contributed by atoms with van der Waals surface area (Å²) in [7, 11) is 0. The first-order chi connectivity index (χ1) is 24.3. The van der Waals surface area contributed by atoms with Gasteiger partial charge in [-0.25, -0.2) is 0 Å². The number of nitrogens with zero attached hydrogens (tertiary/aromatic N) is 2. The molecule has 0 N–H and O–H groups in total. The molecule has 0 amide bonds. The normalized spacial score (nSPS) is 17.6. The molecule has 0 bridgehead atoms. The molecule has 2 nitrogen and oxygen atoms in total. The molecule has 8 aromatic rings. The van der Waals surface area contributed by atoms with Crippen LogP contribution in [0.3, 0.4) is 0 Å². The number of hydrogen-bond donors (Lipinski definition) is 0. The first-order valence-electron chi connectivity index (χ1n) is 17.9. The Bertz CT molecular complexity index is 2690. The van der Waals surface area contributed by atoms with Gasteiger partial charge in [-0.3, -0.25) is 0 Å². The minimum absolute atomic E-state index is 0.140. The quantitative estimate of drug-likeness (QED) is 0.184. The molecule has 1 unspecified atom stereocenters. The van der Waals surface area contributed by atoms with E-state index >= 15 is 0 Å². The summed E-state index contributed by atoms with van der Waals surface area (Å²) >= 11 is 0. The third kappa shape index (κ3) is 3.77. The lowest BCUT2D eigenvalue weighted by atomic mass is 9.76. The Morgan fingerprint density at radius 3 is 2.02 bits per heavy atom. The number of hydrogen-bond acceptors (Lipinski definition) is 0. The Morgan fingerprint density at radius 2 is 1.20 bits per heavy atom. The molecule has 11 rings (SSSR count). The molecule has 2 heteroatoms. The van der Waals surface area contributed by atoms with Gasteiger partial charge in [0.05, 0.1) is 17.1 Å². The molecule has 0 radical (unpaired) electrons. The monoisotopic (exact) mass is 628 g/mol. The van der Waals surface area contributed by atoms with Crippen LogP contribution >= 0.6 is 0 Å². The Kier molecular flexibility index (Phi) is 5.70. The van der Waals surface area contributed by atoms with Crippen molar-refractivity contribution in [3.63, 3.8) is 0 Å². The van der Waals surface area contributed by atoms with Crippen molar-refractivity contribution in [1.29, 1.82) is 0 Å². The molecule has 2 aromatic heterocycles. The van der Waals surface area contributed by atoms with Crippen molar-refractivity contribution < 1.29 is 0 Å². The highest BCUT2D eigenvalue weighted by Crippen LogP contribution is 2.58. The van der Waals surface area contributed by atoms with E-state index in [4.69, 9.17) is 0 Å². The van der Waals surface area contributed by atoms with Crippen LogP contribution in [0.1, 0.15) is 49.3 Å². The smallest absolute Gasteiger partial charge is 0.0560 e. The molecule has 1 saturated carbocycles. The van der Waals surface area contributed by atoms with Crippen molar-refractivity contribution in [2.45, 2.75) is 43.6 Å². The molecular weight excluding hydrogens is 593 g/mol. The summed E-state index contributed by atoms with van der Waals surface area (Å²) in [5.74, 6) is 0. The maximum absolute atomic E-state index is 2.57. The van der Waals surface area contributed by atoms with Crippen molar-refractivity contribution in [2.24, 2.45) is 0 Å². The van der Waals surface area contributed by atoms with E-state index in [0.717, 1.165) is 6.42 Å². The fourth-order valence-corrected chi connectivity index (χ4v) is 9.82. The topological polar surface area (TPSA) is 9.86 Å². The maximum atomic E-state index is 2.57. The van der Waals surface area contributed by atoms with Crippen molar-refractivity contribution >= 4 is 43.6 Å². The summed E-state index contributed by atoms with van der Waals surface area (Å²) < 4.78 is 5.03. The Labute approximate surface area is 286 Å². The van der Waals surface area contributed by atoms with E-state index in [9.17, 15) is 0 Å². The van der Waals surface area contributed by atoms with Crippen LogP contribution in [-0.4, -0.2) is 9.13 Å². The lowest BCUT2D eigenvalue weighted by Gasteiger charge is -2.26. The highest BCUT2D eigenvalue weighted by molar-refractivity contribution is 6.14. The second-order valence-corrected chi connectivity index (χ2v) is 14.4. The van der Waals surface area contributed by atoms with Crippen LogP contribution < -0.4 is 0 Å². The van der Waals surface area contributed by atoms with E-state index < -0.39 is 0 Å². The third-order valence-electron chi connectivity index (χ3n) is 12.0. The van der Waals surface area contributed by atoms with Gasteiger partial charge in [0, 0.05) is 43.7 Å². The van der Waals surface area contributed by atoms with Gasteiger partial charge in [-0.1, -0.05) is 110 Å². The first kappa shape index (κ1) is 27.4. The summed E-state index contributed by atoms with van der Waals surface area (Å²) in [6, 6.07) is 48.7. The minimum atomic E-state index is 0.140. The van der Waals surface area contributed by atoms with Crippen LogP contribution in [0.4, 0.5) is 0 Å². The van der Waals surface area contributed by atoms with Crippen molar-refractivity contribution in [3.8, 4) is 27.9 Å². The van der Waals surface area contributed by atoms with Crippen molar-refractivity contribution in [2.75, 3.05) is 0 Å². The molecule has 1 fully saturated rings. The summed E-state index contributed by atoms with van der Waals surface area (Å²) in [5, 5.41) is 5.28. The second-order valence-electron chi connectivity index (χ2n) is 14.4. The SMILES string of the molecule is C1=CCC(n2c3ccccc3c3cc(-c4ccc5c(c4)c4cc6c(cc4n5-c4ccccc4)C4(CCCC4)c4ccccc4-6)ccc32)C=C1. The summed E-state index contributed by atoms with van der Waals surface area (Å²) in [6.07, 6.45) is 15.1. The second kappa shape index (κ2) is 10.2. The van der Waals surface area contributed by atoms with Gasteiger partial charge in [-0.15, -0.1) is 0 Å². The Hall–Kier alpha value is -5.60. The number of para-hydroxylation sites is 2. The number of aromatic nitrogens is 2. The van der Waals surface area contributed by atoms with Crippen molar-refractivity contribution in [1.82, 2.24) is 9.13 Å². The number of rotatable bonds is 3. The molecule has 0 saturated heterocycles. The van der Waals surface area contributed by atoms with Gasteiger partial charge in [-0.05, 0) is 107 Å². The molecule has 0 aliphatic heterocycles. The standard InChI is InChI=1S/C47H36N2/c1-3-13-33(14-4-1)48-43-20-10-8-18-36(43)38-27-31(21-23-44(38)48)32-22-24-45-39(28-32)40-29-37-35-17-7-9-19-41(35)47(25-11-12-26-47)42(37)30-46(40)49(45)34-15-5-2-6-16-34/h1-10,13,15-24,27-30,33H,11-12,14,25-26H2. The van der Waals surface area contributed by atoms with Crippen LogP contribution in [0.25, 0.3) is 71.6 Å². The molecule has 2 heterocycles. The number of benzene rings is 6. The predicted molar refractivity (Wildman–Crippen MR) is 206 cm³/mol. The minimum Gasteiger partial charge on any atom is -0.333 e. The van der Waals surface area contributed by atoms with E-state index in [0.29, 0.717) is 6.04 Å². The lowest BCUT2D eigenvalue weighted by Crippen LogP contribution is -2.20. The van der Waals surface area contributed by atoms with Crippen LogP contribution in [0.15, 0.2) is 152 Å². The Morgan fingerprint density at radius 1 is 0.510 bits per heavy atom. The van der Waals surface area contributed by atoms with Crippen LogP contribution in [0.5, 0.6) is 0 Å². The van der Waals surface area contributed by atoms with Gasteiger partial charge in [0.2, 0.25) is 0 Å². The van der Waals surface area contributed by atoms with E-state index in [-0.39, 0.29) is 5.41 Å². The molecular formula is C47H36N2. The van der Waals surface area contributed by atoms with Crippen LogP contribution in [-0.2, 0) is 5.41 Å². The summed E-state index contributed by atoms with van der Waals surface area (Å²) in [4.78, 5) is 0. The highest BCUT2D eigenvalue weighted by Gasteiger charge is 2.45. The predicted octanol–water partition coefficient (Wildman–Crippen LogP) is 12.5. The molecule has 6 aromatic carbocycles. The Balaban J connectivity index is 1.15. The molecule has 49 heavy (non-hydrogen) atoms. The van der Waals surface area contributed by atoms with Crippen LogP contribution in [0, 0.1) is 0 Å². The number of allylic oxidation sites excluding steroid dienone is 4. The maximum Gasteiger partial charge on any atom is 0.0560 e. The van der Waals surface area contributed by atoms with Gasteiger partial charge in [0.25, 0.3) is 0 Å². The molecule has 1 spiro atoms. The number of fused-ring (bicyclic) bond motifs is 11. The molecule has 3 aliphatic carbocycles. The van der Waals surface area contributed by atoms with E-state index in [1.165, 1.54) is 103 Å². The van der Waals surface area contributed by atoms with Gasteiger partial charge < -0.3 is 9.13 Å². The van der Waals surface area contributed by atoms with E-state index in [2.05, 4.69) is 161 Å². The zero-order chi connectivity index (χ0) is 32.1. The van der Waals surface area contributed by atoms with Gasteiger partial charge >= 0.3 is 0 Å². The van der Waals surface area contributed by atoms with E-state index in [1.807, 2.05) is 0 Å². The zero-order valence-corrected chi connectivity index (χ0v) is 27.4. The van der Waals surface area contributed by atoms with Gasteiger partial charge in [-0.2, -0.15) is 0 Å². The zero-order valence-electron chi connectivity index (χ0n) is 27.4. The van der Waals surface area contributed by atoms with E-state index in [1.54, 1.807) is 5.56 Å². The summed E-state index contributed by atoms with van der Waals surface area (Å²) in [5.41, 5.74) is 15.0. The average Bonchev–Trinajstić information content (AvgIpc) is 3.93. The lowest BCUT2D eigenvalue weighted by molar-refractivity contribution is 0.550. The van der Waals surface area contributed by atoms with Gasteiger partial charge in [0.15, 0.2) is 0 Å². The first-order valence-corrected chi connectivity index (χ1v) is 17.9. The average molecular weight is 629 g/mol. The summed E-state index contributed by atoms with van der Waals surface area (Å²) in [6.45, 7) is 0. The van der Waals surface area contributed by atoms with Crippen LogP contribution in [0.2, 0.25) is 0 Å². The van der Waals surface area contributed by atoms with Crippen molar-refractivity contribution in [3.05, 3.63) is 163 Å². The fraction of sp³-hybridized carbons (Fsp3) is 0.149. The molecule has 3 aliphatic rings. The fourth-order valence-electron chi connectivity index (χ4n) is 9.82. The largest absolute Gasteiger partial charge is 0.333 e. The highest BCUT2D eigenvalue weighted by atomic mass is 15.0.